The van der Waals surface area contributed by atoms with E-state index < -0.39 is 9.96 Å². The maximum atomic E-state index is 12.7. The summed E-state index contributed by atoms with van der Waals surface area (Å²) in [4.78, 5) is 25.9. The highest BCUT2D eigenvalue weighted by molar-refractivity contribution is 6.68. The van der Waals surface area contributed by atoms with Crippen LogP contribution in [0.4, 0.5) is 0 Å². The van der Waals surface area contributed by atoms with Gasteiger partial charge in [-0.05, 0) is 24.6 Å². The van der Waals surface area contributed by atoms with Gasteiger partial charge < -0.3 is 9.47 Å². The van der Waals surface area contributed by atoms with Gasteiger partial charge in [-0.1, -0.05) is 59.1 Å². The summed E-state index contributed by atoms with van der Waals surface area (Å²) in [5, 5.41) is 2.93. The number of carbonyl (C=O) groups excluding carboxylic acids is 1. The first kappa shape index (κ1) is 19.8. The number of nitrogens with one attached hydrogen (secondary N) is 2. The van der Waals surface area contributed by atoms with E-state index >= 15 is 0 Å². The number of hydrogen-bond acceptors (Lipinski definition) is 2. The van der Waals surface area contributed by atoms with Crippen molar-refractivity contribution in [2.24, 2.45) is 5.92 Å². The van der Waals surface area contributed by atoms with Crippen molar-refractivity contribution in [3.8, 4) is 0 Å². The molecule has 4 atom stereocenters. The number of piperidine rings is 1. The van der Waals surface area contributed by atoms with E-state index in [-0.39, 0.29) is 17.4 Å². The van der Waals surface area contributed by atoms with Crippen molar-refractivity contribution in [1.82, 2.24) is 9.88 Å². The van der Waals surface area contributed by atoms with Crippen molar-refractivity contribution in [3.63, 3.8) is 0 Å². The number of hydrogen-bond donors (Lipinski definition) is 2. The Balaban J connectivity index is 1.59. The van der Waals surface area contributed by atoms with Gasteiger partial charge in [-0.15, -0.1) is 0 Å². The van der Waals surface area contributed by atoms with Crippen LogP contribution in [-0.2, 0) is 6.54 Å². The first-order chi connectivity index (χ1) is 13.3. The number of halogens is 3. The topological polar surface area (TPSA) is 55.5 Å². The molecule has 1 aromatic heterocycles. The molecule has 2 aromatic rings. The van der Waals surface area contributed by atoms with Crippen molar-refractivity contribution in [1.29, 1.82) is 0 Å². The zero-order valence-corrected chi connectivity index (χ0v) is 17.3. The number of rotatable bonds is 3. The lowest BCUT2D eigenvalue weighted by molar-refractivity contribution is -0.937. The molecule has 8 heteroatoms. The van der Waals surface area contributed by atoms with Gasteiger partial charge >= 0.3 is 0 Å². The van der Waals surface area contributed by atoms with Crippen molar-refractivity contribution in [2.75, 3.05) is 13.1 Å². The van der Waals surface area contributed by atoms with Crippen LogP contribution in [0.25, 0.3) is 0 Å². The van der Waals surface area contributed by atoms with E-state index in [1.54, 1.807) is 36.4 Å². The quantitative estimate of drug-likeness (QED) is 0.716. The second kappa shape index (κ2) is 7.71. The largest absolute Gasteiger partial charge is 0.312 e. The summed E-state index contributed by atoms with van der Waals surface area (Å²) < 4.78 is 0.213. The number of likely N-dealkylation sites (tertiary alicyclic amines) is 1. The van der Waals surface area contributed by atoms with Crippen LogP contribution in [0.3, 0.4) is 0 Å². The highest BCUT2D eigenvalue weighted by Crippen LogP contribution is 2.33. The second-order valence-corrected chi connectivity index (χ2v) is 9.95. The average molecular weight is 442 g/mol. The van der Waals surface area contributed by atoms with Gasteiger partial charge in [-0.2, -0.15) is 0 Å². The summed E-state index contributed by atoms with van der Waals surface area (Å²) in [6, 6.07) is 14.3. The number of benzene rings is 1. The van der Waals surface area contributed by atoms with Gasteiger partial charge in [0.15, 0.2) is 0 Å². The Labute approximate surface area is 178 Å². The minimum Gasteiger partial charge on any atom is -0.312 e. The lowest BCUT2D eigenvalue weighted by Gasteiger charge is -2.44. The van der Waals surface area contributed by atoms with Crippen LogP contribution >= 0.6 is 34.8 Å². The minimum atomic E-state index is -1.65. The summed E-state index contributed by atoms with van der Waals surface area (Å²) in [7, 11) is 0. The van der Waals surface area contributed by atoms with Crippen molar-refractivity contribution >= 4 is 40.7 Å². The number of aromatic nitrogens is 1. The number of nitrogens with zero attached hydrogens (tertiary/aromatic N) is 1. The van der Waals surface area contributed by atoms with E-state index in [9.17, 15) is 9.59 Å². The molecule has 1 fully saturated rings. The Morgan fingerprint density at radius 2 is 1.86 bits per heavy atom. The lowest BCUT2D eigenvalue weighted by atomic mass is 9.83. The van der Waals surface area contributed by atoms with Crippen LogP contribution in [0.2, 0.25) is 0 Å². The fourth-order valence-corrected chi connectivity index (χ4v) is 5.13. The van der Waals surface area contributed by atoms with E-state index in [1.807, 2.05) is 16.7 Å². The molecule has 28 heavy (non-hydrogen) atoms. The standard InChI is InChI=1S/C20H20Cl3N3O2/c21-20(22,23)19(24-18(28)14-5-2-1-3-6-14)25-10-13-9-15(12-25)16-7-4-8-17(27)26(16)11-13/h1-8,13,15,19H,9-12H2,(H,24,28)/p+1/t13-,15+,19-/m0/s1. The summed E-state index contributed by atoms with van der Waals surface area (Å²) in [6.45, 7) is 2.08. The molecule has 1 aromatic carbocycles. The lowest BCUT2D eigenvalue weighted by Crippen LogP contribution is -3.21. The zero-order valence-electron chi connectivity index (χ0n) is 15.1. The molecule has 148 valence electrons. The molecule has 4 rings (SSSR count). The molecule has 3 heterocycles. The molecular formula is C20H21Cl3N3O2+. The highest BCUT2D eigenvalue weighted by Gasteiger charge is 2.47. The predicted octanol–water partition coefficient (Wildman–Crippen LogP) is 1.98. The Morgan fingerprint density at radius 1 is 1.11 bits per heavy atom. The number of alkyl halides is 3. The monoisotopic (exact) mass is 440 g/mol. The van der Waals surface area contributed by atoms with Crippen molar-refractivity contribution < 1.29 is 9.69 Å². The van der Waals surface area contributed by atoms with E-state index in [0.717, 1.165) is 23.6 Å². The normalized spacial score (nSPS) is 24.9. The third-order valence-electron chi connectivity index (χ3n) is 5.67. The third kappa shape index (κ3) is 3.94. The Kier molecular flexibility index (Phi) is 5.45. The van der Waals surface area contributed by atoms with Crippen molar-refractivity contribution in [3.05, 3.63) is 70.1 Å². The Hall–Kier alpha value is -1.53. The molecule has 0 saturated carbocycles. The van der Waals surface area contributed by atoms with Crippen LogP contribution in [0.5, 0.6) is 0 Å². The third-order valence-corrected chi connectivity index (χ3v) is 6.32. The molecule has 0 aliphatic carbocycles. The average Bonchev–Trinajstić information content (AvgIpc) is 2.66. The van der Waals surface area contributed by atoms with Gasteiger partial charge in [0.05, 0.1) is 13.1 Å². The maximum absolute atomic E-state index is 12.7. The van der Waals surface area contributed by atoms with Gasteiger partial charge in [-0.25, -0.2) is 0 Å². The SMILES string of the molecule is O=C(N[C@@H]([NH+]1C[C@@H]2C[C@H](C1)c1cccc(=O)n1C2)C(Cl)(Cl)Cl)c1ccccc1. The van der Waals surface area contributed by atoms with Gasteiger partial charge in [0.25, 0.3) is 15.3 Å². The first-order valence-electron chi connectivity index (χ1n) is 9.30. The summed E-state index contributed by atoms with van der Waals surface area (Å²) in [6.07, 6.45) is 0.323. The van der Waals surface area contributed by atoms with E-state index in [2.05, 4.69) is 5.32 Å². The number of carbonyl (C=O) groups is 1. The molecule has 2 N–H and O–H groups in total. The molecule has 1 unspecified atom stereocenters. The van der Waals surface area contributed by atoms with Gasteiger partial charge in [0.1, 0.15) is 0 Å². The fraction of sp³-hybridized carbons (Fsp3) is 0.400. The van der Waals surface area contributed by atoms with Crippen LogP contribution < -0.4 is 15.8 Å². The maximum Gasteiger partial charge on any atom is 0.262 e. The second-order valence-electron chi connectivity index (χ2n) is 7.58. The molecule has 0 radical (unpaired) electrons. The Bertz CT molecular complexity index is 926. The summed E-state index contributed by atoms with van der Waals surface area (Å²) >= 11 is 18.9. The molecule has 5 nitrogen and oxygen atoms in total. The number of amides is 1. The van der Waals surface area contributed by atoms with E-state index in [1.165, 1.54) is 0 Å². The first-order valence-corrected chi connectivity index (χ1v) is 10.4. The Morgan fingerprint density at radius 3 is 2.57 bits per heavy atom. The molecule has 2 aliphatic heterocycles. The fourth-order valence-electron chi connectivity index (χ4n) is 4.51. The van der Waals surface area contributed by atoms with Crippen LogP contribution in [0, 0.1) is 5.92 Å². The van der Waals surface area contributed by atoms with E-state index in [0.29, 0.717) is 24.6 Å². The smallest absolute Gasteiger partial charge is 0.262 e. The molecule has 1 amide bonds. The van der Waals surface area contributed by atoms with Crippen LogP contribution in [0.15, 0.2) is 53.3 Å². The molecule has 2 aliphatic rings. The van der Waals surface area contributed by atoms with Crippen LogP contribution in [0.1, 0.15) is 28.4 Å². The van der Waals surface area contributed by atoms with Crippen molar-refractivity contribution in [2.45, 2.75) is 28.8 Å². The van der Waals surface area contributed by atoms with Crippen LogP contribution in [-0.4, -0.2) is 33.5 Å². The van der Waals surface area contributed by atoms with E-state index in [4.69, 9.17) is 34.8 Å². The number of quaternary nitrogens is 1. The predicted molar refractivity (Wildman–Crippen MR) is 110 cm³/mol. The summed E-state index contributed by atoms with van der Waals surface area (Å²) in [5.74, 6) is 0.224. The molecular weight excluding hydrogens is 421 g/mol. The van der Waals surface area contributed by atoms with Gasteiger partial charge in [0.2, 0.25) is 6.17 Å². The molecule has 0 spiro atoms. The molecule has 1 saturated heterocycles. The number of pyridine rings is 1. The highest BCUT2D eigenvalue weighted by atomic mass is 35.6. The minimum absolute atomic E-state index is 0.0333. The molecule has 2 bridgehead atoms. The number of fused-ring (bicyclic) bond motifs is 4. The van der Waals surface area contributed by atoms with Gasteiger partial charge in [0, 0.05) is 35.7 Å². The zero-order chi connectivity index (χ0) is 19.9. The summed E-state index contributed by atoms with van der Waals surface area (Å²) in [5.41, 5.74) is 1.58. The van der Waals surface area contributed by atoms with Gasteiger partial charge in [-0.3, -0.25) is 14.9 Å².